The number of hydrogen-bond donors (Lipinski definition) is 0. The fraction of sp³-hybridized carbons (Fsp3) is 0.750. The highest BCUT2D eigenvalue weighted by Crippen LogP contribution is 2.22. The third-order valence-electron chi connectivity index (χ3n) is 4.87. The second-order valence-electron chi connectivity index (χ2n) is 6.37. The lowest BCUT2D eigenvalue weighted by molar-refractivity contribution is -0.131. The minimum atomic E-state index is 0.228. The van der Waals surface area contributed by atoms with E-state index in [1.165, 1.54) is 25.9 Å². The van der Waals surface area contributed by atoms with Crippen LogP contribution in [0.1, 0.15) is 42.7 Å². The molecule has 0 saturated carbocycles. The second-order valence-corrected chi connectivity index (χ2v) is 6.37. The van der Waals surface area contributed by atoms with Gasteiger partial charge in [-0.3, -0.25) is 4.79 Å². The summed E-state index contributed by atoms with van der Waals surface area (Å²) in [4.78, 5) is 17.2. The lowest BCUT2D eigenvalue weighted by Gasteiger charge is -2.28. The monoisotopic (exact) mass is 291 g/mol. The van der Waals surface area contributed by atoms with E-state index in [2.05, 4.69) is 15.0 Å². The lowest BCUT2D eigenvalue weighted by atomic mass is 10.1. The Kier molecular flexibility index (Phi) is 4.29. The van der Waals surface area contributed by atoms with Gasteiger partial charge < -0.3 is 14.3 Å². The maximum absolute atomic E-state index is 12.6. The Morgan fingerprint density at radius 1 is 1.24 bits per heavy atom. The van der Waals surface area contributed by atoms with Gasteiger partial charge in [0.25, 0.3) is 0 Å². The molecule has 2 saturated heterocycles. The topological polar surface area (TPSA) is 49.6 Å². The number of hydrogen-bond acceptors (Lipinski definition) is 4. The maximum atomic E-state index is 12.6. The van der Waals surface area contributed by atoms with Crippen molar-refractivity contribution in [3.63, 3.8) is 0 Å². The standard InChI is InChI=1S/C16H25N3O2/c1-12-15(13(2)21-17-12)10-16(20)19-9-5-6-14(19)11-18-7-3-4-8-18/h14H,3-11H2,1-2H3/t14-/m1/s1. The van der Waals surface area contributed by atoms with Crippen molar-refractivity contribution in [2.24, 2.45) is 0 Å². The molecule has 0 unspecified atom stereocenters. The summed E-state index contributed by atoms with van der Waals surface area (Å²) in [6, 6.07) is 0.399. The van der Waals surface area contributed by atoms with E-state index in [1.807, 2.05) is 13.8 Å². The van der Waals surface area contributed by atoms with Crippen LogP contribution in [0.3, 0.4) is 0 Å². The molecule has 0 N–H and O–H groups in total. The number of rotatable bonds is 4. The zero-order chi connectivity index (χ0) is 14.8. The van der Waals surface area contributed by atoms with Crippen molar-refractivity contribution in [2.45, 2.75) is 52.0 Å². The third-order valence-corrected chi connectivity index (χ3v) is 4.87. The van der Waals surface area contributed by atoms with Crippen LogP contribution in [0.15, 0.2) is 4.52 Å². The Labute approximate surface area is 126 Å². The molecule has 0 aromatic carbocycles. The van der Waals surface area contributed by atoms with Crippen LogP contribution in [-0.2, 0) is 11.2 Å². The highest BCUT2D eigenvalue weighted by molar-refractivity contribution is 5.79. The van der Waals surface area contributed by atoms with Crippen molar-refractivity contribution in [3.05, 3.63) is 17.0 Å². The summed E-state index contributed by atoms with van der Waals surface area (Å²) in [6.07, 6.45) is 5.31. The molecule has 0 spiro atoms. The van der Waals surface area contributed by atoms with Crippen LogP contribution in [-0.4, -0.2) is 53.1 Å². The molecule has 21 heavy (non-hydrogen) atoms. The Balaban J connectivity index is 1.62. The first-order valence-electron chi connectivity index (χ1n) is 8.08. The van der Waals surface area contributed by atoms with Crippen LogP contribution in [0.4, 0.5) is 0 Å². The largest absolute Gasteiger partial charge is 0.361 e. The number of nitrogens with zero attached hydrogens (tertiary/aromatic N) is 3. The molecule has 0 radical (unpaired) electrons. The molecule has 3 rings (SSSR count). The fourth-order valence-electron chi connectivity index (χ4n) is 3.62. The molecule has 2 fully saturated rings. The normalized spacial score (nSPS) is 23.1. The molecule has 1 atom stereocenters. The number of likely N-dealkylation sites (tertiary alicyclic amines) is 2. The first kappa shape index (κ1) is 14.6. The van der Waals surface area contributed by atoms with Gasteiger partial charge in [-0.1, -0.05) is 5.16 Å². The Morgan fingerprint density at radius 2 is 2.00 bits per heavy atom. The summed E-state index contributed by atoms with van der Waals surface area (Å²) in [5.74, 6) is 1.00. The Bertz CT molecular complexity index is 486. The SMILES string of the molecule is Cc1noc(C)c1CC(=O)N1CCC[C@@H]1CN1CCCC1. The summed E-state index contributed by atoms with van der Waals surface area (Å²) in [5.41, 5.74) is 1.81. The van der Waals surface area contributed by atoms with E-state index in [9.17, 15) is 4.79 Å². The van der Waals surface area contributed by atoms with E-state index < -0.39 is 0 Å². The second kappa shape index (κ2) is 6.18. The maximum Gasteiger partial charge on any atom is 0.227 e. The van der Waals surface area contributed by atoms with E-state index >= 15 is 0 Å². The average molecular weight is 291 g/mol. The summed E-state index contributed by atoms with van der Waals surface area (Å²) < 4.78 is 5.16. The first-order chi connectivity index (χ1) is 10.1. The highest BCUT2D eigenvalue weighted by atomic mass is 16.5. The van der Waals surface area contributed by atoms with E-state index in [0.717, 1.165) is 42.9 Å². The van der Waals surface area contributed by atoms with Gasteiger partial charge in [-0.25, -0.2) is 0 Å². The molecule has 2 aliphatic rings. The first-order valence-corrected chi connectivity index (χ1v) is 8.08. The number of amides is 1. The molecule has 116 valence electrons. The van der Waals surface area contributed by atoms with Crippen molar-refractivity contribution in [2.75, 3.05) is 26.2 Å². The minimum Gasteiger partial charge on any atom is -0.361 e. The summed E-state index contributed by atoms with van der Waals surface area (Å²) in [5, 5.41) is 3.94. The van der Waals surface area contributed by atoms with Gasteiger partial charge in [0.2, 0.25) is 5.91 Å². The molecular formula is C16H25N3O2. The van der Waals surface area contributed by atoms with E-state index in [4.69, 9.17) is 4.52 Å². The third kappa shape index (κ3) is 3.12. The van der Waals surface area contributed by atoms with Crippen molar-refractivity contribution in [3.8, 4) is 0 Å². The summed E-state index contributed by atoms with van der Waals surface area (Å²) in [6.45, 7) is 8.14. The van der Waals surface area contributed by atoms with Gasteiger partial charge >= 0.3 is 0 Å². The van der Waals surface area contributed by atoms with Crippen LogP contribution >= 0.6 is 0 Å². The van der Waals surface area contributed by atoms with Crippen molar-refractivity contribution >= 4 is 5.91 Å². The van der Waals surface area contributed by atoms with Gasteiger partial charge in [0, 0.05) is 24.7 Å². The molecule has 1 aromatic heterocycles. The molecule has 0 aliphatic carbocycles. The Morgan fingerprint density at radius 3 is 2.67 bits per heavy atom. The van der Waals surface area contributed by atoms with Gasteiger partial charge in [-0.2, -0.15) is 0 Å². The predicted molar refractivity (Wildman–Crippen MR) is 80.1 cm³/mol. The van der Waals surface area contributed by atoms with Crippen LogP contribution in [0.5, 0.6) is 0 Å². The quantitative estimate of drug-likeness (QED) is 0.850. The smallest absolute Gasteiger partial charge is 0.227 e. The van der Waals surface area contributed by atoms with Crippen molar-refractivity contribution < 1.29 is 9.32 Å². The Hall–Kier alpha value is -1.36. The molecule has 2 aliphatic heterocycles. The van der Waals surface area contributed by atoms with Crippen molar-refractivity contribution in [1.82, 2.24) is 15.0 Å². The molecule has 1 aromatic rings. The number of aryl methyl sites for hydroxylation is 2. The molecular weight excluding hydrogens is 266 g/mol. The fourth-order valence-corrected chi connectivity index (χ4v) is 3.62. The van der Waals surface area contributed by atoms with E-state index in [1.54, 1.807) is 0 Å². The number of carbonyl (C=O) groups excluding carboxylic acids is 1. The zero-order valence-corrected chi connectivity index (χ0v) is 13.1. The number of aromatic nitrogens is 1. The van der Waals surface area contributed by atoms with Crippen LogP contribution < -0.4 is 0 Å². The van der Waals surface area contributed by atoms with E-state index in [0.29, 0.717) is 12.5 Å². The zero-order valence-electron chi connectivity index (χ0n) is 13.1. The molecule has 0 bridgehead atoms. The molecule has 3 heterocycles. The van der Waals surface area contributed by atoms with Gasteiger partial charge in [-0.05, 0) is 52.6 Å². The van der Waals surface area contributed by atoms with E-state index in [-0.39, 0.29) is 5.91 Å². The van der Waals surface area contributed by atoms with Crippen LogP contribution in [0.2, 0.25) is 0 Å². The number of carbonyl (C=O) groups is 1. The molecule has 1 amide bonds. The van der Waals surface area contributed by atoms with Crippen LogP contribution in [0.25, 0.3) is 0 Å². The van der Waals surface area contributed by atoms with Gasteiger partial charge in [-0.15, -0.1) is 0 Å². The van der Waals surface area contributed by atoms with Gasteiger partial charge in [0.05, 0.1) is 12.1 Å². The average Bonchev–Trinajstić information content (AvgIpc) is 3.18. The predicted octanol–water partition coefficient (Wildman–Crippen LogP) is 1.92. The molecule has 5 nitrogen and oxygen atoms in total. The van der Waals surface area contributed by atoms with Crippen molar-refractivity contribution in [1.29, 1.82) is 0 Å². The highest BCUT2D eigenvalue weighted by Gasteiger charge is 2.31. The minimum absolute atomic E-state index is 0.228. The summed E-state index contributed by atoms with van der Waals surface area (Å²) in [7, 11) is 0. The molecule has 5 heteroatoms. The van der Waals surface area contributed by atoms with Crippen LogP contribution in [0, 0.1) is 13.8 Å². The lowest BCUT2D eigenvalue weighted by Crippen LogP contribution is -2.43. The van der Waals surface area contributed by atoms with Gasteiger partial charge in [0.1, 0.15) is 5.76 Å². The van der Waals surface area contributed by atoms with Gasteiger partial charge in [0.15, 0.2) is 0 Å². The summed E-state index contributed by atoms with van der Waals surface area (Å²) >= 11 is 0.